The first-order valence-corrected chi connectivity index (χ1v) is 19.8. The highest BCUT2D eigenvalue weighted by atomic mass is 32.2. The van der Waals surface area contributed by atoms with Gasteiger partial charge >= 0.3 is 12.3 Å². The van der Waals surface area contributed by atoms with E-state index in [0.29, 0.717) is 39.1 Å². The Morgan fingerprint density at radius 3 is 2.06 bits per heavy atom. The number of methoxy groups -OCH3 is 1. The minimum atomic E-state index is -5.23. The molecule has 0 radical (unpaired) electrons. The number of fused-ring (bicyclic) bond motifs is 1. The second-order valence-electron chi connectivity index (χ2n) is 13.7. The normalized spacial score (nSPS) is 14.3. The Morgan fingerprint density at radius 2 is 1.52 bits per heavy atom. The molecule has 3 N–H and O–H groups in total. The number of imide groups is 1. The molecule has 0 aliphatic heterocycles. The molecule has 3 atom stereocenters. The summed E-state index contributed by atoms with van der Waals surface area (Å²) >= 11 is 1.52. The predicted molar refractivity (Wildman–Crippen MR) is 200 cm³/mol. The van der Waals surface area contributed by atoms with Gasteiger partial charge in [-0.15, -0.1) is 16.4 Å². The zero-order valence-corrected chi connectivity index (χ0v) is 32.3. The van der Waals surface area contributed by atoms with E-state index in [0.717, 1.165) is 29.0 Å². The van der Waals surface area contributed by atoms with Crippen LogP contribution in [0.4, 0.5) is 18.0 Å². The lowest BCUT2D eigenvalue weighted by atomic mass is 9.84. The molecule has 0 bridgehead atoms. The van der Waals surface area contributed by atoms with Gasteiger partial charge < -0.3 is 15.6 Å². The number of benzene rings is 3. The Kier molecular flexibility index (Phi) is 12.6. The van der Waals surface area contributed by atoms with Gasteiger partial charge in [0.15, 0.2) is 6.04 Å². The van der Waals surface area contributed by atoms with E-state index < -0.39 is 63.7 Å². The van der Waals surface area contributed by atoms with Gasteiger partial charge in [-0.3, -0.25) is 4.79 Å². The predicted octanol–water partition coefficient (Wildman–Crippen LogP) is 7.27. The first-order valence-electron chi connectivity index (χ1n) is 16.8. The molecule has 11 nitrogen and oxygen atoms in total. The lowest BCUT2D eigenvalue weighted by molar-refractivity contribution is -0.186. The van der Waals surface area contributed by atoms with Crippen LogP contribution < -0.4 is 5.73 Å². The van der Waals surface area contributed by atoms with E-state index in [4.69, 9.17) is 10.5 Å². The number of carbonyl (C=O) groups excluding carboxylic acids is 2. The Hall–Kier alpha value is -4.26. The lowest BCUT2D eigenvalue weighted by Crippen LogP contribution is -2.53. The van der Waals surface area contributed by atoms with Gasteiger partial charge in [0.25, 0.3) is 5.91 Å². The fourth-order valence-corrected chi connectivity index (χ4v) is 9.65. The van der Waals surface area contributed by atoms with Crippen LogP contribution in [-0.2, 0) is 19.6 Å². The zero-order valence-electron chi connectivity index (χ0n) is 29.8. The van der Waals surface area contributed by atoms with Gasteiger partial charge in [0.05, 0.1) is 35.4 Å². The lowest BCUT2D eigenvalue weighted by Gasteiger charge is -2.34. The summed E-state index contributed by atoms with van der Waals surface area (Å²) in [5, 5.41) is 14.7. The molecule has 0 saturated carbocycles. The maximum absolute atomic E-state index is 15.2. The van der Waals surface area contributed by atoms with Gasteiger partial charge in [-0.2, -0.15) is 17.5 Å². The molecule has 17 heteroatoms. The molecule has 0 aliphatic rings. The van der Waals surface area contributed by atoms with E-state index in [9.17, 15) is 23.1 Å². The van der Waals surface area contributed by atoms with E-state index in [1.165, 1.54) is 24.3 Å². The molecule has 2 aromatic heterocycles. The van der Waals surface area contributed by atoms with Crippen molar-refractivity contribution in [3.05, 3.63) is 112 Å². The zero-order chi connectivity index (χ0) is 39.4. The fraction of sp³-hybridized carbons (Fsp3) is 0.351. The van der Waals surface area contributed by atoms with Crippen molar-refractivity contribution >= 4 is 55.1 Å². The number of aliphatic hydroxyl groups excluding tert-OH is 1. The first-order chi connectivity index (χ1) is 25.5. The van der Waals surface area contributed by atoms with Crippen molar-refractivity contribution in [2.45, 2.75) is 62.3 Å². The number of aromatic nitrogens is 2. The molecule has 288 valence electrons. The highest BCUT2D eigenvalue weighted by Gasteiger charge is 2.52. The summed E-state index contributed by atoms with van der Waals surface area (Å²) < 4.78 is 84.4. The molecule has 2 heterocycles. The number of nitrogens with two attached hydrogens (primary N) is 1. The Bertz CT molecular complexity index is 2120. The molecular weight excluding hydrogens is 764 g/mol. The fourth-order valence-electron chi connectivity index (χ4n) is 6.05. The second-order valence-corrected chi connectivity index (χ2v) is 17.5. The summed E-state index contributed by atoms with van der Waals surface area (Å²) in [6.45, 7) is 4.84. The van der Waals surface area contributed by atoms with Crippen LogP contribution in [0.1, 0.15) is 66.1 Å². The standard InChI is InChI=1S/C37H40F3N5O6S3/c1-36(2,3)19-20-44(54(49,50)25-15-16-26-30(21-25)53-43-42-26)27(22-46)28-17-18-29(52-28)33(37(38,39)40)45(35(48)51-4)34(47)32(41)31(23-11-7-5-8-12-23)24-13-9-6-10-14-24/h5-18,21,27,31-33,46H,19-20,22,41H2,1-4H3/t27-,32+,33-/m1/s1. The Labute approximate surface area is 319 Å². The Morgan fingerprint density at radius 1 is 0.926 bits per heavy atom. The van der Waals surface area contributed by atoms with Crippen molar-refractivity contribution < 1.29 is 41.0 Å². The van der Waals surface area contributed by atoms with Crippen LogP contribution in [0.15, 0.2) is 95.9 Å². The number of carbonyl (C=O) groups is 2. The van der Waals surface area contributed by atoms with Gasteiger partial charge in [0.1, 0.15) is 5.52 Å². The number of alkyl halides is 3. The summed E-state index contributed by atoms with van der Waals surface area (Å²) in [6, 6.07) is 17.7. The number of sulfonamides is 1. The molecule has 0 fully saturated rings. The van der Waals surface area contributed by atoms with Gasteiger partial charge in [0.2, 0.25) is 10.0 Å². The molecule has 5 rings (SSSR count). The van der Waals surface area contributed by atoms with Crippen LogP contribution in [0.3, 0.4) is 0 Å². The van der Waals surface area contributed by atoms with Crippen molar-refractivity contribution in [1.29, 1.82) is 0 Å². The van der Waals surface area contributed by atoms with Crippen LogP contribution in [0.25, 0.3) is 10.2 Å². The van der Waals surface area contributed by atoms with E-state index in [-0.39, 0.29) is 26.6 Å². The second kappa shape index (κ2) is 16.6. The third-order valence-electron chi connectivity index (χ3n) is 8.81. The molecule has 2 amide bonds. The van der Waals surface area contributed by atoms with Crippen molar-refractivity contribution in [2.75, 3.05) is 20.3 Å². The number of hydrogen-bond acceptors (Lipinski definition) is 11. The monoisotopic (exact) mass is 803 g/mol. The van der Waals surface area contributed by atoms with E-state index in [2.05, 4.69) is 9.59 Å². The summed E-state index contributed by atoms with van der Waals surface area (Å²) in [5.41, 5.74) is 7.71. The molecular formula is C37H40F3N5O6S3. The largest absolute Gasteiger partial charge is 0.452 e. The maximum Gasteiger partial charge on any atom is 0.417 e. The smallest absolute Gasteiger partial charge is 0.417 e. The number of thiophene rings is 1. The average Bonchev–Trinajstić information content (AvgIpc) is 3.81. The van der Waals surface area contributed by atoms with E-state index >= 15 is 13.2 Å². The van der Waals surface area contributed by atoms with Crippen molar-refractivity contribution in [3.63, 3.8) is 0 Å². The first kappa shape index (κ1) is 40.9. The third-order valence-corrected chi connectivity index (χ3v) is 12.6. The van der Waals surface area contributed by atoms with Gasteiger partial charge in [-0.25, -0.2) is 18.1 Å². The van der Waals surface area contributed by atoms with E-state index in [1.54, 1.807) is 60.7 Å². The number of hydrogen-bond donors (Lipinski definition) is 2. The van der Waals surface area contributed by atoms with Gasteiger partial charge in [-0.1, -0.05) is 85.9 Å². The van der Waals surface area contributed by atoms with Crippen LogP contribution in [0.5, 0.6) is 0 Å². The number of rotatable bonds is 13. The summed E-state index contributed by atoms with van der Waals surface area (Å²) in [5.74, 6) is -2.29. The molecule has 5 aromatic rings. The van der Waals surface area contributed by atoms with Crippen molar-refractivity contribution in [3.8, 4) is 0 Å². The van der Waals surface area contributed by atoms with Gasteiger partial charge in [0, 0.05) is 22.2 Å². The molecule has 0 saturated heterocycles. The molecule has 0 aliphatic carbocycles. The number of ether oxygens (including phenoxy) is 1. The maximum atomic E-state index is 15.2. The van der Waals surface area contributed by atoms with Gasteiger partial charge in [-0.05, 0) is 64.8 Å². The van der Waals surface area contributed by atoms with Crippen LogP contribution in [0, 0.1) is 5.41 Å². The number of amides is 2. The highest BCUT2D eigenvalue weighted by molar-refractivity contribution is 7.89. The van der Waals surface area contributed by atoms with Crippen molar-refractivity contribution in [2.24, 2.45) is 11.1 Å². The quantitative estimate of drug-likeness (QED) is 0.125. The topological polar surface area (TPSA) is 156 Å². The highest BCUT2D eigenvalue weighted by Crippen LogP contribution is 2.44. The van der Waals surface area contributed by atoms with E-state index in [1.807, 2.05) is 20.8 Å². The SMILES string of the molecule is COC(=O)N(C(=O)[C@@H](N)C(c1ccccc1)c1ccccc1)[C@H](c1ccc([C@@H](CO)N(CCC(C)(C)C)S(=O)(=O)c2ccc3nnsc3c2)s1)C(F)(F)F. The molecule has 3 aromatic carbocycles. The minimum Gasteiger partial charge on any atom is -0.452 e. The molecule has 0 unspecified atom stereocenters. The number of halogens is 3. The van der Waals surface area contributed by atoms with Crippen LogP contribution in [-0.4, -0.2) is 76.8 Å². The summed E-state index contributed by atoms with van der Waals surface area (Å²) in [6.07, 6.45) is -6.48. The Balaban J connectivity index is 1.57. The van der Waals surface area contributed by atoms with Crippen LogP contribution >= 0.6 is 22.9 Å². The number of aliphatic hydroxyl groups is 1. The average molecular weight is 804 g/mol. The third kappa shape index (κ3) is 8.98. The summed E-state index contributed by atoms with van der Waals surface area (Å²) in [4.78, 5) is 26.9. The molecule has 54 heavy (non-hydrogen) atoms. The minimum absolute atomic E-state index is 0.0282. The van der Waals surface area contributed by atoms with Crippen molar-refractivity contribution in [1.82, 2.24) is 18.8 Å². The molecule has 0 spiro atoms. The number of nitrogens with zero attached hydrogens (tertiary/aromatic N) is 4. The van der Waals surface area contributed by atoms with Crippen LogP contribution in [0.2, 0.25) is 0 Å². The summed E-state index contributed by atoms with van der Waals surface area (Å²) in [7, 11) is -3.50.